The van der Waals surface area contributed by atoms with Crippen LogP contribution < -0.4 is 63.8 Å². The van der Waals surface area contributed by atoms with Crippen LogP contribution in [0, 0.1) is 64.2 Å². The summed E-state index contributed by atoms with van der Waals surface area (Å²) < 4.78 is 95.2. The van der Waals surface area contributed by atoms with Crippen LogP contribution in [0.15, 0.2) is 123 Å². The molecule has 8 fully saturated rings. The van der Waals surface area contributed by atoms with Crippen LogP contribution in [0.3, 0.4) is 0 Å². The smallest absolute Gasteiger partial charge is 0.282 e. The number of nitrogen functional groups attached to an aromatic ring is 4. The monoisotopic (exact) mass is 1890 g/mol. The van der Waals surface area contributed by atoms with Crippen molar-refractivity contribution in [1.29, 1.82) is 5.26 Å². The first-order valence-electron chi connectivity index (χ1n) is 44.1. The van der Waals surface area contributed by atoms with E-state index >= 15 is 0 Å². The summed E-state index contributed by atoms with van der Waals surface area (Å²) in [6, 6.07) is 9.38. The largest absolute Gasteiger partial charge is 0.381 e. The van der Waals surface area contributed by atoms with Gasteiger partial charge in [-0.2, -0.15) is 5.26 Å². The van der Waals surface area contributed by atoms with E-state index in [0.29, 0.717) is 159 Å². The lowest BCUT2D eigenvalue weighted by Gasteiger charge is -2.48. The van der Waals surface area contributed by atoms with Crippen LogP contribution in [0.2, 0.25) is 0 Å². The Morgan fingerprint density at radius 3 is 0.898 bits per heavy atom. The minimum absolute atomic E-state index is 0.00505. The molecule has 0 bridgehead atoms. The quantitative estimate of drug-likeness (QED) is 0.0469. The van der Waals surface area contributed by atoms with E-state index in [2.05, 4.69) is 102 Å². The molecule has 49 heteroatoms. The molecule has 0 radical (unpaired) electrons. The molecule has 0 atom stereocenters. The maximum Gasteiger partial charge on any atom is 0.282 e. The molecule has 12 aromatic heterocycles. The Balaban J connectivity index is 0.000000127. The fourth-order valence-corrected chi connectivity index (χ4v) is 18.1. The molecule has 8 aliphatic rings. The number of methoxy groups -OCH3 is 2. The van der Waals surface area contributed by atoms with Gasteiger partial charge in [-0.15, -0.1) is 20.4 Å². The number of nitrogens with zero attached hydrogens (tertiary/aromatic N) is 25. The second-order valence-corrected chi connectivity index (χ2v) is 34.7. The molecule has 12 aromatic rings. The van der Waals surface area contributed by atoms with Crippen molar-refractivity contribution >= 4 is 139 Å². The van der Waals surface area contributed by atoms with Crippen LogP contribution in [0.25, 0.3) is 22.6 Å². The van der Waals surface area contributed by atoms with E-state index < -0.39 is 65.9 Å². The van der Waals surface area contributed by atoms with Gasteiger partial charge >= 0.3 is 0 Å². The van der Waals surface area contributed by atoms with Crippen LogP contribution in [0.5, 0.6) is 0 Å². The van der Waals surface area contributed by atoms with Crippen LogP contribution in [-0.2, 0) is 28.7 Å². The third-order valence-corrected chi connectivity index (χ3v) is 25.6. The molecule has 8 amide bonds. The number of carbonyl (C=O) groups is 8. The molecule has 0 saturated carbocycles. The zero-order valence-electron chi connectivity index (χ0n) is 74.3. The van der Waals surface area contributed by atoms with Crippen molar-refractivity contribution in [2.24, 2.45) is 29.6 Å². The summed E-state index contributed by atoms with van der Waals surface area (Å²) in [5.41, 5.74) is 29.1. The van der Waals surface area contributed by atoms with Gasteiger partial charge in [0.15, 0.2) is 69.1 Å². The fourth-order valence-electron chi connectivity index (χ4n) is 18.1. The number of halogens is 6. The third-order valence-electron chi connectivity index (χ3n) is 25.6. The highest BCUT2D eigenvalue weighted by Crippen LogP contribution is 2.40. The van der Waals surface area contributed by atoms with Crippen molar-refractivity contribution in [3.05, 3.63) is 169 Å². The van der Waals surface area contributed by atoms with Gasteiger partial charge in [0, 0.05) is 141 Å². The lowest BCUT2D eigenvalue weighted by Crippen LogP contribution is -2.64. The molecule has 20 rings (SSSR count). The number of nitriles is 1. The number of hydrogen-bond acceptors (Lipinski definition) is 31. The first-order valence-corrected chi connectivity index (χ1v) is 44.1. The number of piperidine rings is 4. The Kier molecular flexibility index (Phi) is 26.5. The number of nitrogens with two attached hydrogens (primary N) is 4. The predicted octanol–water partition coefficient (Wildman–Crippen LogP) is 5.82. The van der Waals surface area contributed by atoms with Gasteiger partial charge in [-0.05, 0) is 82.6 Å². The SMILES string of the molecule is COC1(C)CN(C(=O)C2CCN(c3ccncc3NC(=O)c3c(N)nn4cc(F)cnc34)CC2)C1.COC1CN(C(=O)C2CCN(c3ccncc3NC(=O)c3c(N)nn4cc(F)cnc34)CC2)C1.N#CC1CN(C(=O)C2CCN(c3ccncc3NC(=O)c3c(N)nn4cc(F)cnc34)CC2)C1.Nc1nn2cc(F)cnc2c1C(=O)Nc1cnccc1N1CCC(C(=O)N2CC(F)(F)C2)CC1. The Hall–Kier alpha value is -15.8. The highest BCUT2D eigenvalue weighted by atomic mass is 19.3. The van der Waals surface area contributed by atoms with Gasteiger partial charge in [0.05, 0.1) is 170 Å². The molecule has 0 aromatic carbocycles. The highest BCUT2D eigenvalue weighted by molar-refractivity contribution is 6.15. The fraction of sp³-hybridized carbons (Fsp3) is 0.398. The summed E-state index contributed by atoms with van der Waals surface area (Å²) >= 11 is 0. The van der Waals surface area contributed by atoms with Gasteiger partial charge in [-0.1, -0.05) is 0 Å². The van der Waals surface area contributed by atoms with Crippen molar-refractivity contribution in [1.82, 2.24) is 97.9 Å². The van der Waals surface area contributed by atoms with Gasteiger partial charge < -0.3 is 92.9 Å². The van der Waals surface area contributed by atoms with Crippen LogP contribution in [0.1, 0.15) is 99.7 Å². The first kappa shape index (κ1) is 93.1. The standard InChI is InChI=1S/C23H27FN8O3.C22H22FN9O2.C22H25FN8O3.C21H21F3N8O2/c1-23(35-2)12-31(13-23)22(34)14-4-7-30(8-5-14)17-3-6-26-10-16(17)28-21(33)18-19(25)29-32-11-15(24)9-27-20(18)32;23-15-8-27-20-18(19(25)29-32(20)12-15)21(33)28-16-9-26-4-1-17(16)30-5-2-14(3-6-30)22(34)31-10-13(7-24)11-31;1-34-15-11-30(12-15)22(33)13-3-6-29(7-4-13)17-2-5-25-9-16(17)27-21(32)18-19(24)28-31-10-14(23)8-26-20(18)31;22-13-7-27-18-16(17(25)29-32(18)9-13)19(33)28-14-8-26-4-1-15(14)30-5-2-12(3-6-30)20(34)31-10-21(23,24)11-31/h3,6,9-11,14H,4-5,7-8,12-13H2,1-2H3,(H2,25,29)(H,28,33);1,4,8-9,12-14H,2-3,5-6,10-11H2,(H2,25,29)(H,28,33);2,5,8-10,13,15H,3-4,6-7,11-12H2,1H3,(H2,24,28)(H,27,32);1,4,7-9,12H,2-3,5-6,10-11H2,(H2,25,29)(H,28,33). The number of ether oxygens (including phenoxy) is 2. The number of fused-ring (bicyclic) bond motifs is 4. The average Bonchev–Trinajstić information content (AvgIpc) is 1.24. The summed E-state index contributed by atoms with van der Waals surface area (Å²) in [6.07, 6.45) is 26.4. The van der Waals surface area contributed by atoms with Gasteiger partial charge in [0.25, 0.3) is 29.6 Å². The first-order chi connectivity index (χ1) is 65.9. The molecular weight excluding hydrogens is 1790 g/mol. The molecule has 137 heavy (non-hydrogen) atoms. The second-order valence-electron chi connectivity index (χ2n) is 34.7. The number of rotatable bonds is 18. The number of anilines is 12. The molecule has 8 aliphatic heterocycles. The minimum Gasteiger partial charge on any atom is -0.381 e. The summed E-state index contributed by atoms with van der Waals surface area (Å²) in [7, 11) is 3.34. The molecule has 0 unspecified atom stereocenters. The van der Waals surface area contributed by atoms with Gasteiger partial charge in [0.2, 0.25) is 23.6 Å². The molecule has 0 spiro atoms. The van der Waals surface area contributed by atoms with Crippen LogP contribution >= 0.6 is 0 Å². The topological polar surface area (TPSA) is 529 Å². The van der Waals surface area contributed by atoms with Crippen molar-refractivity contribution in [3.63, 3.8) is 0 Å². The van der Waals surface area contributed by atoms with Gasteiger partial charge in [0.1, 0.15) is 22.3 Å². The van der Waals surface area contributed by atoms with Gasteiger partial charge in [-0.25, -0.2) is 64.3 Å². The maximum absolute atomic E-state index is 13.5. The summed E-state index contributed by atoms with van der Waals surface area (Å²) in [5, 5.41) is 36.0. The Bertz CT molecular complexity index is 6660. The number of alkyl halides is 2. The van der Waals surface area contributed by atoms with E-state index in [9.17, 15) is 64.7 Å². The lowest BCUT2D eigenvalue weighted by molar-refractivity contribution is -0.170. The number of aromatic nitrogens is 16. The molecule has 20 heterocycles. The normalized spacial score (nSPS) is 17.5. The average molecular weight is 1890 g/mol. The van der Waals surface area contributed by atoms with Crippen molar-refractivity contribution in [3.8, 4) is 6.07 Å². The number of pyridine rings is 4. The van der Waals surface area contributed by atoms with E-state index in [0.717, 1.165) is 97.5 Å². The van der Waals surface area contributed by atoms with Crippen molar-refractivity contribution < 1.29 is 74.2 Å². The van der Waals surface area contributed by atoms with Crippen LogP contribution in [0.4, 0.5) is 95.1 Å². The van der Waals surface area contributed by atoms with Crippen LogP contribution in [-0.4, -0.2) is 282 Å². The Labute approximate surface area is 775 Å². The van der Waals surface area contributed by atoms with Crippen molar-refractivity contribution in [2.75, 3.05) is 183 Å². The van der Waals surface area contributed by atoms with E-state index in [1.165, 1.54) is 11.1 Å². The third kappa shape index (κ3) is 19.8. The number of likely N-dealkylation sites (tertiary alicyclic amines) is 4. The molecule has 12 N–H and O–H groups in total. The Morgan fingerprint density at radius 2 is 0.650 bits per heavy atom. The molecular formula is C88H95F6N33O10. The zero-order chi connectivity index (χ0) is 96.4. The molecule has 8 saturated heterocycles. The molecule has 0 aliphatic carbocycles. The van der Waals surface area contributed by atoms with Gasteiger partial charge in [-0.3, -0.25) is 58.3 Å². The highest BCUT2D eigenvalue weighted by Gasteiger charge is 2.49. The molecule has 43 nitrogen and oxygen atoms in total. The molecule has 714 valence electrons. The summed E-state index contributed by atoms with van der Waals surface area (Å²) in [5.74, 6) is -7.85. The zero-order valence-corrected chi connectivity index (χ0v) is 74.3. The minimum atomic E-state index is -2.78. The van der Waals surface area contributed by atoms with E-state index in [4.69, 9.17) is 37.7 Å². The lowest BCUT2D eigenvalue weighted by atomic mass is 9.90. The Morgan fingerprint density at radius 1 is 0.394 bits per heavy atom. The number of nitrogens with one attached hydrogen (secondary N) is 4. The number of hydrogen-bond donors (Lipinski definition) is 8. The predicted molar refractivity (Wildman–Crippen MR) is 485 cm³/mol. The summed E-state index contributed by atoms with van der Waals surface area (Å²) in [6.45, 7) is 9.54. The number of carbonyl (C=O) groups excluding carboxylic acids is 8. The van der Waals surface area contributed by atoms with E-state index in [-0.39, 0.29) is 133 Å². The van der Waals surface area contributed by atoms with E-state index in [1.54, 1.807) is 74.6 Å². The second kappa shape index (κ2) is 39.0. The maximum atomic E-state index is 13.5. The van der Waals surface area contributed by atoms with Crippen molar-refractivity contribution in [2.45, 2.75) is 75.9 Å². The number of amides is 8. The summed E-state index contributed by atoms with van der Waals surface area (Å²) in [4.78, 5) is 150. The van der Waals surface area contributed by atoms with E-state index in [1.807, 2.05) is 33.8 Å².